The number of carbonyl (C=O) groups is 1. The van der Waals surface area contributed by atoms with Crippen LogP contribution < -0.4 is 0 Å². The molecular weight excluding hydrogens is 372 g/mol. The summed E-state index contributed by atoms with van der Waals surface area (Å²) in [5, 5.41) is 17.2. The molecule has 0 unspecified atom stereocenters. The van der Waals surface area contributed by atoms with Gasteiger partial charge in [0.05, 0.1) is 23.7 Å². The van der Waals surface area contributed by atoms with Crippen LogP contribution >= 0.6 is 11.3 Å². The minimum absolute atomic E-state index is 0.130. The van der Waals surface area contributed by atoms with Crippen LogP contribution in [0.3, 0.4) is 0 Å². The second kappa shape index (κ2) is 7.44. The minimum Gasteiger partial charge on any atom is -0.508 e. The van der Waals surface area contributed by atoms with E-state index in [4.69, 9.17) is 0 Å². The van der Waals surface area contributed by atoms with Gasteiger partial charge in [0.2, 0.25) is 0 Å². The van der Waals surface area contributed by atoms with Crippen LogP contribution in [0.5, 0.6) is 5.75 Å². The standard InChI is InChI=1S/C21H20N4O2S/c1-14-10-17(21(27)24(2)12-15-6-3-4-8-19(15)26)18-11-22-25(20(18)23-14)13-16-7-5-9-28-16/h3-11,26H,12-13H2,1-2H3. The van der Waals surface area contributed by atoms with E-state index in [1.165, 1.54) is 4.88 Å². The zero-order valence-corrected chi connectivity index (χ0v) is 16.5. The van der Waals surface area contributed by atoms with Crippen LogP contribution in [-0.2, 0) is 13.1 Å². The maximum Gasteiger partial charge on any atom is 0.254 e. The summed E-state index contributed by atoms with van der Waals surface area (Å²) in [7, 11) is 1.73. The van der Waals surface area contributed by atoms with Crippen LogP contribution in [0.1, 0.15) is 26.5 Å². The number of para-hydroxylation sites is 1. The predicted octanol–water partition coefficient (Wildman–Crippen LogP) is 3.83. The number of nitrogens with zero attached hydrogens (tertiary/aromatic N) is 4. The number of aromatic nitrogens is 3. The summed E-state index contributed by atoms with van der Waals surface area (Å²) in [5.41, 5.74) is 2.74. The number of phenolic OH excluding ortho intramolecular Hbond substituents is 1. The number of amides is 1. The van der Waals surface area contributed by atoms with E-state index in [2.05, 4.69) is 16.1 Å². The highest BCUT2D eigenvalue weighted by Gasteiger charge is 2.20. The van der Waals surface area contributed by atoms with Gasteiger partial charge in [-0.05, 0) is 30.5 Å². The molecule has 0 radical (unpaired) electrons. The molecular formula is C21H20N4O2S. The van der Waals surface area contributed by atoms with Crippen LogP contribution in [0, 0.1) is 6.92 Å². The van der Waals surface area contributed by atoms with E-state index < -0.39 is 0 Å². The zero-order valence-electron chi connectivity index (χ0n) is 15.7. The molecule has 3 heterocycles. The molecule has 0 bridgehead atoms. The Morgan fingerprint density at radius 2 is 2.07 bits per heavy atom. The molecule has 28 heavy (non-hydrogen) atoms. The Balaban J connectivity index is 1.67. The van der Waals surface area contributed by atoms with Gasteiger partial charge in [-0.2, -0.15) is 5.10 Å². The highest BCUT2D eigenvalue weighted by atomic mass is 32.1. The molecule has 4 aromatic rings. The summed E-state index contributed by atoms with van der Waals surface area (Å²) >= 11 is 1.66. The maximum atomic E-state index is 13.1. The Kier molecular flexibility index (Phi) is 4.83. The van der Waals surface area contributed by atoms with Gasteiger partial charge >= 0.3 is 0 Å². The fourth-order valence-corrected chi connectivity index (χ4v) is 3.88. The molecule has 0 saturated carbocycles. The molecule has 1 amide bonds. The highest BCUT2D eigenvalue weighted by Crippen LogP contribution is 2.23. The molecule has 0 aliphatic heterocycles. The lowest BCUT2D eigenvalue weighted by Gasteiger charge is -2.18. The van der Waals surface area contributed by atoms with Gasteiger partial charge in [0.25, 0.3) is 5.91 Å². The van der Waals surface area contributed by atoms with E-state index in [0.717, 1.165) is 11.1 Å². The summed E-state index contributed by atoms with van der Waals surface area (Å²) < 4.78 is 1.83. The Bertz CT molecular complexity index is 1130. The third-order valence-electron chi connectivity index (χ3n) is 4.60. The van der Waals surface area contributed by atoms with E-state index in [1.54, 1.807) is 47.7 Å². The Morgan fingerprint density at radius 3 is 2.82 bits per heavy atom. The van der Waals surface area contributed by atoms with Gasteiger partial charge in [0, 0.05) is 29.7 Å². The molecule has 1 N–H and O–H groups in total. The van der Waals surface area contributed by atoms with Gasteiger partial charge in [0.15, 0.2) is 5.65 Å². The van der Waals surface area contributed by atoms with Crippen LogP contribution in [0.25, 0.3) is 11.0 Å². The van der Waals surface area contributed by atoms with E-state index in [-0.39, 0.29) is 11.7 Å². The number of benzene rings is 1. The average molecular weight is 392 g/mol. The second-order valence-electron chi connectivity index (χ2n) is 6.72. The lowest BCUT2D eigenvalue weighted by atomic mass is 10.1. The summed E-state index contributed by atoms with van der Waals surface area (Å²) in [5.74, 6) is 0.0522. The van der Waals surface area contributed by atoms with Crippen LogP contribution in [0.4, 0.5) is 0 Å². The molecule has 0 saturated heterocycles. The first-order chi connectivity index (χ1) is 13.5. The molecule has 0 fully saturated rings. The van der Waals surface area contributed by atoms with Gasteiger partial charge in [-0.3, -0.25) is 4.79 Å². The minimum atomic E-state index is -0.130. The van der Waals surface area contributed by atoms with Gasteiger partial charge in [-0.15, -0.1) is 11.3 Å². The lowest BCUT2D eigenvalue weighted by molar-refractivity contribution is 0.0786. The smallest absolute Gasteiger partial charge is 0.254 e. The molecule has 0 spiro atoms. The average Bonchev–Trinajstić information content (AvgIpc) is 3.33. The van der Waals surface area contributed by atoms with E-state index in [9.17, 15) is 9.90 Å². The molecule has 6 nitrogen and oxygen atoms in total. The number of phenols is 1. The molecule has 142 valence electrons. The number of carbonyl (C=O) groups excluding carboxylic acids is 1. The van der Waals surface area contributed by atoms with Crippen LogP contribution in [0.15, 0.2) is 54.0 Å². The fourth-order valence-electron chi connectivity index (χ4n) is 3.19. The third kappa shape index (κ3) is 3.48. The van der Waals surface area contributed by atoms with Gasteiger partial charge in [0.1, 0.15) is 5.75 Å². The number of hydrogen-bond acceptors (Lipinski definition) is 5. The normalized spacial score (nSPS) is 11.1. The number of pyridine rings is 1. The summed E-state index contributed by atoms with van der Waals surface area (Å²) in [6.45, 7) is 2.82. The fraction of sp³-hybridized carbons (Fsp3) is 0.190. The number of aryl methyl sites for hydroxylation is 1. The molecule has 0 aliphatic carbocycles. The van der Waals surface area contributed by atoms with Crippen LogP contribution in [0.2, 0.25) is 0 Å². The molecule has 3 aromatic heterocycles. The van der Waals surface area contributed by atoms with Crippen molar-refractivity contribution in [2.75, 3.05) is 7.05 Å². The third-order valence-corrected chi connectivity index (χ3v) is 5.46. The van der Waals surface area contributed by atoms with E-state index >= 15 is 0 Å². The number of thiophene rings is 1. The number of rotatable bonds is 5. The van der Waals surface area contributed by atoms with Crippen molar-refractivity contribution in [1.29, 1.82) is 0 Å². The molecule has 0 aliphatic rings. The summed E-state index contributed by atoms with van der Waals surface area (Å²) in [6.07, 6.45) is 1.70. The van der Waals surface area contributed by atoms with Gasteiger partial charge in [-0.25, -0.2) is 9.67 Å². The Labute approximate surface area is 166 Å². The topological polar surface area (TPSA) is 71.2 Å². The van der Waals surface area contributed by atoms with Crippen molar-refractivity contribution >= 4 is 28.3 Å². The Hall–Kier alpha value is -3.19. The van der Waals surface area contributed by atoms with Crippen molar-refractivity contribution in [3.05, 3.63) is 75.7 Å². The van der Waals surface area contributed by atoms with Gasteiger partial charge < -0.3 is 10.0 Å². The second-order valence-corrected chi connectivity index (χ2v) is 7.75. The lowest BCUT2D eigenvalue weighted by Crippen LogP contribution is -2.26. The number of fused-ring (bicyclic) bond motifs is 1. The predicted molar refractivity (Wildman–Crippen MR) is 110 cm³/mol. The molecule has 7 heteroatoms. The Morgan fingerprint density at radius 1 is 1.25 bits per heavy atom. The van der Waals surface area contributed by atoms with Crippen molar-refractivity contribution in [1.82, 2.24) is 19.7 Å². The van der Waals surface area contributed by atoms with Crippen molar-refractivity contribution in [2.45, 2.75) is 20.0 Å². The molecule has 4 rings (SSSR count). The molecule has 0 atom stereocenters. The summed E-state index contributed by atoms with van der Waals surface area (Å²) in [4.78, 5) is 20.5. The quantitative estimate of drug-likeness (QED) is 0.560. The zero-order chi connectivity index (χ0) is 19.7. The van der Waals surface area contributed by atoms with Crippen molar-refractivity contribution in [3.63, 3.8) is 0 Å². The largest absolute Gasteiger partial charge is 0.508 e. The number of hydrogen-bond donors (Lipinski definition) is 1. The van der Waals surface area contributed by atoms with Crippen molar-refractivity contribution < 1.29 is 9.90 Å². The van der Waals surface area contributed by atoms with E-state index in [1.807, 2.05) is 35.2 Å². The first-order valence-electron chi connectivity index (χ1n) is 8.91. The SMILES string of the molecule is Cc1cc(C(=O)N(C)Cc2ccccc2O)c2cnn(Cc3cccs3)c2n1. The van der Waals surface area contributed by atoms with Crippen molar-refractivity contribution in [2.24, 2.45) is 0 Å². The number of aromatic hydroxyl groups is 1. The van der Waals surface area contributed by atoms with E-state index in [0.29, 0.717) is 29.9 Å². The first-order valence-corrected chi connectivity index (χ1v) is 9.79. The van der Waals surface area contributed by atoms with Crippen molar-refractivity contribution in [3.8, 4) is 5.75 Å². The van der Waals surface area contributed by atoms with Crippen LogP contribution in [-0.4, -0.2) is 37.7 Å². The van der Waals surface area contributed by atoms with Gasteiger partial charge in [-0.1, -0.05) is 24.3 Å². The monoisotopic (exact) mass is 392 g/mol. The molecule has 1 aromatic carbocycles. The summed E-state index contributed by atoms with van der Waals surface area (Å²) in [6, 6.07) is 12.9. The first kappa shape index (κ1) is 18.2. The highest BCUT2D eigenvalue weighted by molar-refractivity contribution is 7.09. The maximum absolute atomic E-state index is 13.1.